The van der Waals surface area contributed by atoms with Crippen molar-refractivity contribution in [2.45, 2.75) is 17.9 Å². The third-order valence-electron chi connectivity index (χ3n) is 3.67. The zero-order chi connectivity index (χ0) is 20.9. The second-order valence-electron chi connectivity index (χ2n) is 5.97. The van der Waals surface area contributed by atoms with Gasteiger partial charge >= 0.3 is 0 Å². The fourth-order valence-corrected chi connectivity index (χ4v) is 3.28. The van der Waals surface area contributed by atoms with Crippen LogP contribution >= 0.6 is 15.9 Å². The monoisotopic (exact) mass is 469 g/mol. The molecule has 2 aromatic carbocycles. The summed E-state index contributed by atoms with van der Waals surface area (Å²) in [4.78, 5) is 24.3. The first-order valence-electron chi connectivity index (χ1n) is 8.16. The highest BCUT2D eigenvalue weighted by atomic mass is 79.9. The SMILES string of the molecule is C[C@H](Oc1ccc(Br)cc1)C(=O)NNC(=O)c1cccc(S(=O)(=O)N(C)C)c1. The lowest BCUT2D eigenvalue weighted by Crippen LogP contribution is -2.47. The molecule has 0 aromatic heterocycles. The van der Waals surface area contributed by atoms with Crippen molar-refractivity contribution in [1.29, 1.82) is 0 Å². The predicted octanol–water partition coefficient (Wildman–Crippen LogP) is 1.93. The molecule has 2 N–H and O–H groups in total. The van der Waals surface area contributed by atoms with Crippen molar-refractivity contribution < 1.29 is 22.7 Å². The molecule has 0 bridgehead atoms. The number of hydrazine groups is 1. The molecule has 10 heteroatoms. The molecule has 1 atom stereocenters. The molecular weight excluding hydrogens is 450 g/mol. The van der Waals surface area contributed by atoms with Crippen LogP contribution in [0.1, 0.15) is 17.3 Å². The van der Waals surface area contributed by atoms with E-state index in [2.05, 4.69) is 26.8 Å². The maximum absolute atomic E-state index is 12.2. The molecule has 0 aliphatic heterocycles. The van der Waals surface area contributed by atoms with Crippen LogP contribution in [0.3, 0.4) is 0 Å². The lowest BCUT2D eigenvalue weighted by Gasteiger charge is -2.15. The number of hydrogen-bond donors (Lipinski definition) is 2. The van der Waals surface area contributed by atoms with E-state index in [1.807, 2.05) is 0 Å². The average Bonchev–Trinajstić information content (AvgIpc) is 2.67. The van der Waals surface area contributed by atoms with Crippen molar-refractivity contribution in [1.82, 2.24) is 15.2 Å². The number of nitrogens with zero attached hydrogens (tertiary/aromatic N) is 1. The number of amides is 2. The Balaban J connectivity index is 1.98. The molecule has 2 amide bonds. The average molecular weight is 470 g/mol. The zero-order valence-corrected chi connectivity index (χ0v) is 17.9. The second-order valence-corrected chi connectivity index (χ2v) is 9.04. The molecule has 0 spiro atoms. The molecule has 8 nitrogen and oxygen atoms in total. The summed E-state index contributed by atoms with van der Waals surface area (Å²) in [6.45, 7) is 1.54. The third-order valence-corrected chi connectivity index (χ3v) is 6.01. The minimum atomic E-state index is -3.67. The number of sulfonamides is 1. The summed E-state index contributed by atoms with van der Waals surface area (Å²) in [6, 6.07) is 12.5. The predicted molar refractivity (Wildman–Crippen MR) is 107 cm³/mol. The summed E-state index contributed by atoms with van der Waals surface area (Å²) < 4.78 is 31.7. The number of carbonyl (C=O) groups is 2. The van der Waals surface area contributed by atoms with Gasteiger partial charge in [-0.2, -0.15) is 0 Å². The molecule has 0 saturated heterocycles. The number of carbonyl (C=O) groups excluding carboxylic acids is 2. The Morgan fingerprint density at radius 3 is 2.32 bits per heavy atom. The number of nitrogens with one attached hydrogen (secondary N) is 2. The molecule has 0 unspecified atom stereocenters. The Hall–Kier alpha value is -2.43. The fourth-order valence-electron chi connectivity index (χ4n) is 2.07. The van der Waals surface area contributed by atoms with Crippen LogP contribution in [0.4, 0.5) is 0 Å². The zero-order valence-electron chi connectivity index (χ0n) is 15.5. The van der Waals surface area contributed by atoms with Gasteiger partial charge in [0.15, 0.2) is 6.10 Å². The molecule has 150 valence electrons. The molecule has 2 aromatic rings. The van der Waals surface area contributed by atoms with Gasteiger partial charge in [-0.25, -0.2) is 12.7 Å². The first kappa shape index (κ1) is 21.9. The summed E-state index contributed by atoms with van der Waals surface area (Å²) in [6.07, 6.45) is -0.859. The van der Waals surface area contributed by atoms with Crippen LogP contribution in [0, 0.1) is 0 Å². The summed E-state index contributed by atoms with van der Waals surface area (Å²) >= 11 is 3.31. The number of ether oxygens (including phenoxy) is 1. The lowest BCUT2D eigenvalue weighted by atomic mass is 10.2. The van der Waals surface area contributed by atoms with Gasteiger partial charge in [-0.1, -0.05) is 22.0 Å². The van der Waals surface area contributed by atoms with Crippen molar-refractivity contribution in [3.8, 4) is 5.75 Å². The molecule has 0 aliphatic carbocycles. The molecule has 0 fully saturated rings. The van der Waals surface area contributed by atoms with Gasteiger partial charge < -0.3 is 4.74 Å². The van der Waals surface area contributed by atoms with Crippen LogP contribution in [0.15, 0.2) is 57.9 Å². The molecule has 0 aliphatic rings. The first-order valence-corrected chi connectivity index (χ1v) is 10.4. The van der Waals surface area contributed by atoms with E-state index in [0.29, 0.717) is 5.75 Å². The Kier molecular flexibility index (Phi) is 7.17. The Bertz CT molecular complexity index is 961. The van der Waals surface area contributed by atoms with E-state index in [1.54, 1.807) is 24.3 Å². The van der Waals surface area contributed by atoms with Gasteiger partial charge in [-0.05, 0) is 49.4 Å². The summed E-state index contributed by atoms with van der Waals surface area (Å²) in [5.41, 5.74) is 4.60. The largest absolute Gasteiger partial charge is 0.481 e. The Morgan fingerprint density at radius 2 is 1.71 bits per heavy atom. The molecular formula is C18H20BrN3O5S. The molecule has 0 radical (unpaired) electrons. The molecule has 2 rings (SSSR count). The Morgan fingerprint density at radius 1 is 1.07 bits per heavy atom. The summed E-state index contributed by atoms with van der Waals surface area (Å²) in [5.74, 6) is -0.716. The van der Waals surface area contributed by atoms with Crippen LogP contribution in [0.25, 0.3) is 0 Å². The van der Waals surface area contributed by atoms with Gasteiger partial charge in [0.2, 0.25) is 10.0 Å². The van der Waals surface area contributed by atoms with Gasteiger partial charge in [0.25, 0.3) is 11.8 Å². The van der Waals surface area contributed by atoms with Gasteiger partial charge in [0.05, 0.1) is 4.90 Å². The van der Waals surface area contributed by atoms with E-state index in [4.69, 9.17) is 4.74 Å². The first-order chi connectivity index (χ1) is 13.1. The molecule has 28 heavy (non-hydrogen) atoms. The fraction of sp³-hybridized carbons (Fsp3) is 0.222. The number of rotatable bonds is 6. The van der Waals surface area contributed by atoms with E-state index in [-0.39, 0.29) is 10.5 Å². The van der Waals surface area contributed by atoms with Crippen LogP contribution in [0.5, 0.6) is 5.75 Å². The maximum atomic E-state index is 12.2. The van der Waals surface area contributed by atoms with Crippen molar-refractivity contribution in [2.24, 2.45) is 0 Å². The quantitative estimate of drug-likeness (QED) is 0.628. The third kappa shape index (κ3) is 5.54. The number of hydrogen-bond acceptors (Lipinski definition) is 5. The van der Waals surface area contributed by atoms with E-state index < -0.39 is 27.9 Å². The van der Waals surface area contributed by atoms with Crippen molar-refractivity contribution in [2.75, 3.05) is 14.1 Å². The van der Waals surface area contributed by atoms with Crippen molar-refractivity contribution >= 4 is 37.8 Å². The summed E-state index contributed by atoms with van der Waals surface area (Å²) in [5, 5.41) is 0. The molecule has 0 saturated carbocycles. The van der Waals surface area contributed by atoms with E-state index in [9.17, 15) is 18.0 Å². The van der Waals surface area contributed by atoms with E-state index in [1.165, 1.54) is 45.3 Å². The smallest absolute Gasteiger partial charge is 0.279 e. The number of benzene rings is 2. The van der Waals surface area contributed by atoms with Crippen molar-refractivity contribution in [3.63, 3.8) is 0 Å². The van der Waals surface area contributed by atoms with Crippen LogP contribution < -0.4 is 15.6 Å². The topological polar surface area (TPSA) is 105 Å². The van der Waals surface area contributed by atoms with Crippen molar-refractivity contribution in [3.05, 3.63) is 58.6 Å². The van der Waals surface area contributed by atoms with Crippen LogP contribution in [-0.4, -0.2) is 44.7 Å². The van der Waals surface area contributed by atoms with Crippen LogP contribution in [0.2, 0.25) is 0 Å². The van der Waals surface area contributed by atoms with Gasteiger partial charge in [-0.15, -0.1) is 0 Å². The minimum Gasteiger partial charge on any atom is -0.481 e. The van der Waals surface area contributed by atoms with Gasteiger partial charge in [-0.3, -0.25) is 20.4 Å². The maximum Gasteiger partial charge on any atom is 0.279 e. The highest BCUT2D eigenvalue weighted by molar-refractivity contribution is 9.10. The Labute approximate surface area is 172 Å². The number of halogens is 1. The summed E-state index contributed by atoms with van der Waals surface area (Å²) in [7, 11) is -0.877. The van der Waals surface area contributed by atoms with Gasteiger partial charge in [0.1, 0.15) is 5.75 Å². The lowest BCUT2D eigenvalue weighted by molar-refractivity contribution is -0.128. The highest BCUT2D eigenvalue weighted by Crippen LogP contribution is 2.17. The van der Waals surface area contributed by atoms with Gasteiger partial charge in [0, 0.05) is 24.1 Å². The molecule has 0 heterocycles. The minimum absolute atomic E-state index is 0.0246. The normalized spacial score (nSPS) is 12.3. The standard InChI is InChI=1S/C18H20BrN3O5S/c1-12(27-15-9-7-14(19)8-10-15)17(23)20-21-18(24)13-5-4-6-16(11-13)28(25,26)22(2)3/h4-12H,1-3H3,(H,20,23)(H,21,24)/t12-/m0/s1. The van der Waals surface area contributed by atoms with E-state index in [0.717, 1.165) is 8.78 Å². The van der Waals surface area contributed by atoms with Crippen LogP contribution in [-0.2, 0) is 14.8 Å². The van der Waals surface area contributed by atoms with E-state index >= 15 is 0 Å². The highest BCUT2D eigenvalue weighted by Gasteiger charge is 2.20. The second kappa shape index (κ2) is 9.18.